The fourth-order valence-corrected chi connectivity index (χ4v) is 0.441. The molecule has 0 spiro atoms. The lowest BCUT2D eigenvalue weighted by Crippen LogP contribution is -1.81. The Morgan fingerprint density at radius 2 is 2.60 bits per heavy atom. The fourth-order valence-electron chi connectivity index (χ4n) is 0.441. The van der Waals surface area contributed by atoms with Crippen LogP contribution in [0, 0.1) is 10.1 Å². The third-order valence-corrected chi connectivity index (χ3v) is 0.818. The van der Waals surface area contributed by atoms with Crippen LogP contribution >= 0.6 is 0 Å². The Balaban J connectivity index is 2.64. The van der Waals surface area contributed by atoms with Crippen LogP contribution in [0.15, 0.2) is 23.3 Å². The van der Waals surface area contributed by atoms with Gasteiger partial charge in [-0.15, -0.1) is 0 Å². The number of hydrogen-bond donors (Lipinski definition) is 0. The SMILES string of the molecule is O=[N+]([O-])C=Cc1cocn1. The van der Waals surface area contributed by atoms with Crippen molar-refractivity contribution in [3.05, 3.63) is 34.7 Å². The highest BCUT2D eigenvalue weighted by molar-refractivity contribution is 5.39. The number of nitrogens with zero attached hydrogens (tertiary/aromatic N) is 2. The van der Waals surface area contributed by atoms with E-state index in [1.165, 1.54) is 18.7 Å². The van der Waals surface area contributed by atoms with E-state index in [9.17, 15) is 10.1 Å². The van der Waals surface area contributed by atoms with E-state index in [-0.39, 0.29) is 0 Å². The number of nitro groups is 1. The predicted molar refractivity (Wildman–Crippen MR) is 32.5 cm³/mol. The molecule has 0 aliphatic carbocycles. The third-order valence-electron chi connectivity index (χ3n) is 0.818. The quantitative estimate of drug-likeness (QED) is 0.452. The molecule has 1 rings (SSSR count). The van der Waals surface area contributed by atoms with Gasteiger partial charge in [-0.1, -0.05) is 0 Å². The Labute approximate surface area is 56.1 Å². The maximum atomic E-state index is 9.75. The lowest BCUT2D eigenvalue weighted by Gasteiger charge is -1.75. The summed E-state index contributed by atoms with van der Waals surface area (Å²) in [5, 5.41) is 9.75. The van der Waals surface area contributed by atoms with Gasteiger partial charge in [0, 0.05) is 6.08 Å². The Bertz CT molecular complexity index is 239. The number of hydrogen-bond acceptors (Lipinski definition) is 4. The lowest BCUT2D eigenvalue weighted by atomic mass is 10.5. The molecule has 0 saturated carbocycles. The van der Waals surface area contributed by atoms with Crippen molar-refractivity contribution >= 4 is 6.08 Å². The van der Waals surface area contributed by atoms with Crippen LogP contribution in [-0.2, 0) is 0 Å². The maximum Gasteiger partial charge on any atom is 0.236 e. The fraction of sp³-hybridized carbons (Fsp3) is 0. The van der Waals surface area contributed by atoms with Gasteiger partial charge in [-0.25, -0.2) is 4.98 Å². The van der Waals surface area contributed by atoms with Crippen LogP contribution < -0.4 is 0 Å². The first kappa shape index (κ1) is 6.47. The zero-order chi connectivity index (χ0) is 7.40. The van der Waals surface area contributed by atoms with E-state index >= 15 is 0 Å². The van der Waals surface area contributed by atoms with Crippen molar-refractivity contribution < 1.29 is 9.34 Å². The molecule has 0 aliphatic heterocycles. The first-order chi connectivity index (χ1) is 4.79. The highest BCUT2D eigenvalue weighted by Crippen LogP contribution is 1.96. The monoisotopic (exact) mass is 140 g/mol. The molecular formula is C5H4N2O3. The van der Waals surface area contributed by atoms with Crippen molar-refractivity contribution in [3.8, 4) is 0 Å². The molecule has 0 atom stereocenters. The van der Waals surface area contributed by atoms with E-state index in [2.05, 4.69) is 9.40 Å². The van der Waals surface area contributed by atoms with Crippen molar-refractivity contribution in [1.29, 1.82) is 0 Å². The van der Waals surface area contributed by atoms with E-state index in [1.54, 1.807) is 0 Å². The molecule has 5 nitrogen and oxygen atoms in total. The highest BCUT2D eigenvalue weighted by atomic mass is 16.6. The summed E-state index contributed by atoms with van der Waals surface area (Å²) in [6, 6.07) is 0. The second-order valence-electron chi connectivity index (χ2n) is 1.51. The predicted octanol–water partition coefficient (Wildman–Crippen LogP) is 0.922. The molecule has 1 aromatic heterocycles. The first-order valence-corrected chi connectivity index (χ1v) is 2.49. The number of oxazole rings is 1. The summed E-state index contributed by atoms with van der Waals surface area (Å²) >= 11 is 0. The minimum atomic E-state index is -0.561. The number of aromatic nitrogens is 1. The molecule has 1 aromatic rings. The van der Waals surface area contributed by atoms with Crippen LogP contribution in [0.25, 0.3) is 6.08 Å². The average molecular weight is 140 g/mol. The van der Waals surface area contributed by atoms with Gasteiger partial charge >= 0.3 is 0 Å². The second kappa shape index (κ2) is 2.77. The molecule has 0 saturated heterocycles. The van der Waals surface area contributed by atoms with Gasteiger partial charge < -0.3 is 4.42 Å². The minimum absolute atomic E-state index is 0.441. The summed E-state index contributed by atoms with van der Waals surface area (Å²) in [4.78, 5) is 12.8. The molecule has 0 unspecified atom stereocenters. The van der Waals surface area contributed by atoms with E-state index in [0.717, 1.165) is 6.20 Å². The van der Waals surface area contributed by atoms with Gasteiger partial charge in [-0.3, -0.25) is 10.1 Å². The topological polar surface area (TPSA) is 69.2 Å². The molecule has 0 radical (unpaired) electrons. The molecule has 5 heteroatoms. The van der Waals surface area contributed by atoms with E-state index in [4.69, 9.17) is 0 Å². The van der Waals surface area contributed by atoms with Crippen LogP contribution in [0.2, 0.25) is 0 Å². The van der Waals surface area contributed by atoms with Crippen LogP contribution in [-0.4, -0.2) is 9.91 Å². The molecule has 0 amide bonds. The Hall–Kier alpha value is -1.65. The zero-order valence-corrected chi connectivity index (χ0v) is 4.93. The summed E-state index contributed by atoms with van der Waals surface area (Å²) in [6.45, 7) is 0. The van der Waals surface area contributed by atoms with Crippen LogP contribution in [0.3, 0.4) is 0 Å². The van der Waals surface area contributed by atoms with Gasteiger partial charge in [-0.05, 0) is 0 Å². The lowest BCUT2D eigenvalue weighted by molar-refractivity contribution is -0.401. The Kier molecular flexibility index (Phi) is 1.79. The molecule has 52 valence electrons. The van der Waals surface area contributed by atoms with Gasteiger partial charge in [0.25, 0.3) is 0 Å². The molecule has 0 aliphatic rings. The second-order valence-corrected chi connectivity index (χ2v) is 1.51. The van der Waals surface area contributed by atoms with Crippen LogP contribution in [0.4, 0.5) is 0 Å². The molecule has 0 fully saturated rings. The summed E-state index contributed by atoms with van der Waals surface area (Å²) in [5.74, 6) is 0. The van der Waals surface area contributed by atoms with E-state index in [1.807, 2.05) is 0 Å². The maximum absolute atomic E-state index is 9.75. The third kappa shape index (κ3) is 1.70. The van der Waals surface area contributed by atoms with Crippen LogP contribution in [0.5, 0.6) is 0 Å². The standard InChI is InChI=1S/C5H4N2O3/c8-7(9)2-1-5-3-10-4-6-5/h1-4H. The Morgan fingerprint density at radius 3 is 3.10 bits per heavy atom. The van der Waals surface area contributed by atoms with Gasteiger partial charge in [-0.2, -0.15) is 0 Å². The smallest absolute Gasteiger partial charge is 0.236 e. The summed E-state index contributed by atoms with van der Waals surface area (Å²) in [5.41, 5.74) is 0.441. The number of rotatable bonds is 2. The molecule has 10 heavy (non-hydrogen) atoms. The van der Waals surface area contributed by atoms with Crippen molar-refractivity contribution in [2.75, 3.05) is 0 Å². The first-order valence-electron chi connectivity index (χ1n) is 2.49. The van der Waals surface area contributed by atoms with Crippen molar-refractivity contribution in [2.24, 2.45) is 0 Å². The van der Waals surface area contributed by atoms with E-state index in [0.29, 0.717) is 5.69 Å². The van der Waals surface area contributed by atoms with Gasteiger partial charge in [0.2, 0.25) is 6.20 Å². The van der Waals surface area contributed by atoms with Gasteiger partial charge in [0.1, 0.15) is 12.0 Å². The summed E-state index contributed by atoms with van der Waals surface area (Å²) in [7, 11) is 0. The van der Waals surface area contributed by atoms with Gasteiger partial charge in [0.15, 0.2) is 6.39 Å². The summed E-state index contributed by atoms with van der Waals surface area (Å²) < 4.78 is 4.56. The van der Waals surface area contributed by atoms with Crippen LogP contribution in [0.1, 0.15) is 5.69 Å². The van der Waals surface area contributed by atoms with Crippen molar-refractivity contribution in [1.82, 2.24) is 4.98 Å². The highest BCUT2D eigenvalue weighted by Gasteiger charge is 1.90. The molecule has 0 N–H and O–H groups in total. The molecule has 0 bridgehead atoms. The Morgan fingerprint density at radius 1 is 1.80 bits per heavy atom. The van der Waals surface area contributed by atoms with E-state index < -0.39 is 4.92 Å². The summed E-state index contributed by atoms with van der Waals surface area (Å²) in [6.07, 6.45) is 4.58. The van der Waals surface area contributed by atoms with Crippen molar-refractivity contribution in [2.45, 2.75) is 0 Å². The molecule has 1 heterocycles. The normalized spacial score (nSPS) is 10.4. The minimum Gasteiger partial charge on any atom is -0.451 e. The zero-order valence-electron chi connectivity index (χ0n) is 4.93. The molecular weight excluding hydrogens is 136 g/mol. The average Bonchev–Trinajstić information content (AvgIpc) is 2.34. The molecule has 0 aromatic carbocycles. The van der Waals surface area contributed by atoms with Gasteiger partial charge in [0.05, 0.1) is 4.92 Å². The largest absolute Gasteiger partial charge is 0.451 e. The van der Waals surface area contributed by atoms with Crippen molar-refractivity contribution in [3.63, 3.8) is 0 Å².